The number of halogens is 1. The zero-order chi connectivity index (χ0) is 7.72. The van der Waals surface area contributed by atoms with E-state index < -0.39 is 0 Å². The molecule has 0 heterocycles. The van der Waals surface area contributed by atoms with E-state index in [1.165, 1.54) is 0 Å². The van der Waals surface area contributed by atoms with Crippen LogP contribution in [0.4, 0.5) is 5.69 Å². The second-order valence-electron chi connectivity index (χ2n) is 1.86. The fourth-order valence-corrected chi connectivity index (χ4v) is 1.20. The zero-order valence-corrected chi connectivity index (χ0v) is 7.48. The zero-order valence-electron chi connectivity index (χ0n) is 5.00. The van der Waals surface area contributed by atoms with Gasteiger partial charge in [-0.05, 0) is 12.1 Å². The molecule has 10 heavy (non-hydrogen) atoms. The lowest BCUT2D eigenvalue weighted by molar-refractivity contribution is 0.463. The van der Waals surface area contributed by atoms with Crippen LogP contribution in [-0.2, 0) is 0 Å². The first-order valence-electron chi connectivity index (χ1n) is 2.58. The molecular weight excluding hydrogens is 214 g/mol. The molecule has 0 fully saturated rings. The van der Waals surface area contributed by atoms with Gasteiger partial charge in [0.1, 0.15) is 5.75 Å². The Balaban J connectivity index is 3.31. The Hall–Kier alpha value is -0.350. The van der Waals surface area contributed by atoms with Gasteiger partial charge in [-0.2, -0.15) is 0 Å². The van der Waals surface area contributed by atoms with Crippen LogP contribution in [0.3, 0.4) is 0 Å². The highest BCUT2D eigenvalue weighted by atomic mass is 79.9. The molecule has 4 heteroatoms. The van der Waals surface area contributed by atoms with Crippen molar-refractivity contribution >= 4 is 34.2 Å². The minimum atomic E-state index is 0.0928. The van der Waals surface area contributed by atoms with Crippen molar-refractivity contribution in [2.45, 2.75) is 4.90 Å². The molecule has 3 N–H and O–H groups in total. The van der Waals surface area contributed by atoms with Crippen molar-refractivity contribution < 1.29 is 5.11 Å². The van der Waals surface area contributed by atoms with E-state index in [0.29, 0.717) is 10.6 Å². The predicted octanol–water partition coefficient (Wildman–Crippen LogP) is 2.03. The third kappa shape index (κ3) is 1.38. The normalized spacial score (nSPS) is 9.80. The van der Waals surface area contributed by atoms with E-state index in [2.05, 4.69) is 28.6 Å². The summed E-state index contributed by atoms with van der Waals surface area (Å²) in [5.74, 6) is 0.0928. The van der Waals surface area contributed by atoms with Crippen LogP contribution in [0.1, 0.15) is 0 Å². The largest absolute Gasteiger partial charge is 0.507 e. The summed E-state index contributed by atoms with van der Waals surface area (Å²) in [4.78, 5) is 0.420. The van der Waals surface area contributed by atoms with Crippen LogP contribution < -0.4 is 5.73 Å². The second-order valence-corrected chi connectivity index (χ2v) is 3.23. The number of aromatic hydroxyl groups is 1. The van der Waals surface area contributed by atoms with Crippen molar-refractivity contribution in [1.82, 2.24) is 0 Å². The molecule has 0 amide bonds. The predicted molar refractivity (Wildman–Crippen MR) is 47.5 cm³/mol. The minimum absolute atomic E-state index is 0.0928. The summed E-state index contributed by atoms with van der Waals surface area (Å²) in [5, 5.41) is 9.09. The standard InChI is InChI=1S/C6H6BrNOS/c7-3-1-4(8)6(10)5(9)2-3/h1-2,9-10H,8H2. The molecule has 0 aromatic heterocycles. The first-order valence-corrected chi connectivity index (χ1v) is 3.82. The smallest absolute Gasteiger partial charge is 0.132 e. The molecule has 0 aliphatic heterocycles. The van der Waals surface area contributed by atoms with E-state index in [-0.39, 0.29) is 5.75 Å². The van der Waals surface area contributed by atoms with E-state index in [1.54, 1.807) is 12.1 Å². The number of hydrogen-bond acceptors (Lipinski definition) is 3. The Morgan fingerprint density at radius 1 is 1.50 bits per heavy atom. The molecule has 0 bridgehead atoms. The number of thiol groups is 1. The number of rotatable bonds is 0. The van der Waals surface area contributed by atoms with E-state index in [9.17, 15) is 0 Å². The van der Waals surface area contributed by atoms with Gasteiger partial charge in [0.25, 0.3) is 0 Å². The SMILES string of the molecule is Nc1cc(Br)cc(O)c1S. The quantitative estimate of drug-likeness (QED) is 0.462. The van der Waals surface area contributed by atoms with E-state index in [1.807, 2.05) is 0 Å². The molecule has 0 spiro atoms. The van der Waals surface area contributed by atoms with Gasteiger partial charge >= 0.3 is 0 Å². The van der Waals surface area contributed by atoms with Crippen molar-refractivity contribution in [3.05, 3.63) is 16.6 Å². The summed E-state index contributed by atoms with van der Waals surface area (Å²) in [6, 6.07) is 3.22. The molecule has 1 aromatic carbocycles. The first kappa shape index (κ1) is 7.75. The van der Waals surface area contributed by atoms with Gasteiger partial charge in [0.15, 0.2) is 0 Å². The van der Waals surface area contributed by atoms with Crippen LogP contribution in [0.15, 0.2) is 21.5 Å². The lowest BCUT2D eigenvalue weighted by Crippen LogP contribution is -1.86. The summed E-state index contributed by atoms with van der Waals surface area (Å²) in [5.41, 5.74) is 5.92. The van der Waals surface area contributed by atoms with Gasteiger partial charge in [-0.3, -0.25) is 0 Å². The Labute approximate surface area is 72.6 Å². The molecule has 2 nitrogen and oxygen atoms in total. The van der Waals surface area contributed by atoms with Crippen molar-refractivity contribution in [2.75, 3.05) is 5.73 Å². The van der Waals surface area contributed by atoms with Crippen molar-refractivity contribution in [3.63, 3.8) is 0 Å². The van der Waals surface area contributed by atoms with Crippen LogP contribution in [-0.4, -0.2) is 5.11 Å². The van der Waals surface area contributed by atoms with Crippen LogP contribution >= 0.6 is 28.6 Å². The van der Waals surface area contributed by atoms with Gasteiger partial charge in [-0.25, -0.2) is 0 Å². The number of benzene rings is 1. The molecule has 0 atom stereocenters. The Kier molecular flexibility index (Phi) is 2.11. The molecule has 0 aliphatic rings. The molecule has 0 radical (unpaired) electrons. The molecule has 0 unspecified atom stereocenters. The maximum atomic E-state index is 9.09. The molecular formula is C6H6BrNOS. The van der Waals surface area contributed by atoms with E-state index >= 15 is 0 Å². The third-order valence-corrected chi connectivity index (χ3v) is 2.03. The van der Waals surface area contributed by atoms with Crippen LogP contribution in [0.5, 0.6) is 5.75 Å². The fourth-order valence-electron chi connectivity index (χ4n) is 0.605. The van der Waals surface area contributed by atoms with Gasteiger partial charge < -0.3 is 10.8 Å². The minimum Gasteiger partial charge on any atom is -0.507 e. The number of phenols is 1. The van der Waals surface area contributed by atoms with Crippen molar-refractivity contribution in [3.8, 4) is 5.75 Å². The Morgan fingerprint density at radius 3 is 2.60 bits per heavy atom. The molecule has 1 rings (SSSR count). The van der Waals surface area contributed by atoms with Crippen LogP contribution in [0.2, 0.25) is 0 Å². The van der Waals surface area contributed by atoms with Gasteiger partial charge in [-0.1, -0.05) is 15.9 Å². The summed E-state index contributed by atoms with van der Waals surface area (Å²) >= 11 is 7.14. The van der Waals surface area contributed by atoms with E-state index in [4.69, 9.17) is 10.8 Å². The molecule has 0 saturated heterocycles. The van der Waals surface area contributed by atoms with Gasteiger partial charge in [-0.15, -0.1) is 12.6 Å². The van der Waals surface area contributed by atoms with Crippen LogP contribution in [0, 0.1) is 0 Å². The maximum absolute atomic E-state index is 9.09. The first-order chi connectivity index (χ1) is 4.61. The van der Waals surface area contributed by atoms with Crippen molar-refractivity contribution in [1.29, 1.82) is 0 Å². The summed E-state index contributed by atoms with van der Waals surface area (Å²) in [6.45, 7) is 0. The number of hydrogen-bond donors (Lipinski definition) is 3. The molecule has 0 aliphatic carbocycles. The highest BCUT2D eigenvalue weighted by Crippen LogP contribution is 2.30. The molecule has 54 valence electrons. The second kappa shape index (κ2) is 2.72. The number of nitrogen functional groups attached to an aromatic ring is 1. The highest BCUT2D eigenvalue weighted by Gasteiger charge is 2.01. The van der Waals surface area contributed by atoms with Gasteiger partial charge in [0.05, 0.1) is 4.90 Å². The van der Waals surface area contributed by atoms with Crippen LogP contribution in [0.25, 0.3) is 0 Å². The Bertz CT molecular complexity index is 241. The lowest BCUT2D eigenvalue weighted by Gasteiger charge is -2.01. The lowest BCUT2D eigenvalue weighted by atomic mass is 10.3. The Morgan fingerprint density at radius 2 is 2.10 bits per heavy atom. The average Bonchev–Trinajstić information content (AvgIpc) is 1.82. The molecule has 1 aromatic rings. The number of phenolic OH excluding ortho intramolecular Hbond substituents is 1. The summed E-state index contributed by atoms with van der Waals surface area (Å²) in [7, 11) is 0. The topological polar surface area (TPSA) is 46.2 Å². The fraction of sp³-hybridized carbons (Fsp3) is 0. The maximum Gasteiger partial charge on any atom is 0.132 e. The number of anilines is 1. The molecule has 0 saturated carbocycles. The summed E-state index contributed by atoms with van der Waals surface area (Å²) < 4.78 is 0.750. The number of nitrogens with two attached hydrogens (primary N) is 1. The average molecular weight is 220 g/mol. The third-order valence-electron chi connectivity index (χ3n) is 1.08. The highest BCUT2D eigenvalue weighted by molar-refractivity contribution is 9.10. The van der Waals surface area contributed by atoms with Gasteiger partial charge in [0, 0.05) is 10.2 Å². The van der Waals surface area contributed by atoms with Gasteiger partial charge in [0.2, 0.25) is 0 Å². The summed E-state index contributed by atoms with van der Waals surface area (Å²) in [6.07, 6.45) is 0. The van der Waals surface area contributed by atoms with Crippen molar-refractivity contribution in [2.24, 2.45) is 0 Å². The van der Waals surface area contributed by atoms with E-state index in [0.717, 1.165) is 4.47 Å². The monoisotopic (exact) mass is 219 g/mol.